The molecule has 0 saturated carbocycles. The number of amides is 1. The van der Waals surface area contributed by atoms with Gasteiger partial charge < -0.3 is 10.2 Å². The van der Waals surface area contributed by atoms with Crippen molar-refractivity contribution in [3.8, 4) is 0 Å². The first-order chi connectivity index (χ1) is 11.6. The van der Waals surface area contributed by atoms with Crippen LogP contribution in [0, 0.1) is 0 Å². The Bertz CT molecular complexity index is 683. The first-order valence-electron chi connectivity index (χ1n) is 8.59. The molecule has 2 atom stereocenters. The Hall–Kier alpha value is -1.84. The van der Waals surface area contributed by atoms with E-state index in [1.165, 1.54) is 0 Å². The van der Waals surface area contributed by atoms with Crippen molar-refractivity contribution < 1.29 is 10.1 Å². The van der Waals surface area contributed by atoms with Gasteiger partial charge in [-0.1, -0.05) is 54.1 Å². The van der Waals surface area contributed by atoms with Crippen molar-refractivity contribution in [3.63, 3.8) is 0 Å². The Labute approximate surface area is 148 Å². The topological polar surface area (TPSA) is 36.9 Å². The molecule has 2 aromatic rings. The number of likely N-dealkylation sites (tertiary alicyclic amines) is 1. The molecule has 1 saturated heterocycles. The molecule has 4 heteroatoms. The van der Waals surface area contributed by atoms with Crippen molar-refractivity contribution in [2.24, 2.45) is 0 Å². The van der Waals surface area contributed by atoms with Crippen molar-refractivity contribution in [2.75, 3.05) is 13.1 Å². The van der Waals surface area contributed by atoms with Gasteiger partial charge in [-0.15, -0.1) is 0 Å². The van der Waals surface area contributed by atoms with Gasteiger partial charge in [0.1, 0.15) is 6.04 Å². The van der Waals surface area contributed by atoms with E-state index in [1.54, 1.807) is 0 Å². The largest absolute Gasteiger partial charge is 0.337 e. The minimum absolute atomic E-state index is 0.153. The molecule has 24 heavy (non-hydrogen) atoms. The fourth-order valence-electron chi connectivity index (χ4n) is 3.32. The molecule has 0 spiro atoms. The minimum atomic E-state index is -0.210. The fourth-order valence-corrected chi connectivity index (χ4v) is 3.52. The number of benzene rings is 2. The molecule has 1 heterocycles. The van der Waals surface area contributed by atoms with E-state index in [4.69, 9.17) is 11.6 Å². The van der Waals surface area contributed by atoms with Gasteiger partial charge in [0.25, 0.3) is 5.91 Å². The van der Waals surface area contributed by atoms with E-state index in [0.717, 1.165) is 42.1 Å². The molecule has 2 aromatic carbocycles. The summed E-state index contributed by atoms with van der Waals surface area (Å²) in [4.78, 5) is 15.0. The van der Waals surface area contributed by atoms with E-state index in [2.05, 4.69) is 18.3 Å². The van der Waals surface area contributed by atoms with Crippen LogP contribution in [-0.4, -0.2) is 23.9 Å². The SMILES string of the molecule is C[C@@H]([NH2+][C@@H](C(=O)N1CCCC1)c1ccccc1)c1cccc(Cl)c1. The zero-order valence-electron chi connectivity index (χ0n) is 14.0. The van der Waals surface area contributed by atoms with Gasteiger partial charge in [0.15, 0.2) is 6.04 Å². The van der Waals surface area contributed by atoms with Crippen LogP contribution < -0.4 is 5.32 Å². The third kappa shape index (κ3) is 3.97. The average Bonchev–Trinajstić information content (AvgIpc) is 3.14. The van der Waals surface area contributed by atoms with Crippen molar-refractivity contribution >= 4 is 17.5 Å². The van der Waals surface area contributed by atoms with Gasteiger partial charge in [0.2, 0.25) is 0 Å². The van der Waals surface area contributed by atoms with Crippen LogP contribution in [0.4, 0.5) is 0 Å². The highest BCUT2D eigenvalue weighted by molar-refractivity contribution is 6.30. The Balaban J connectivity index is 1.83. The predicted molar refractivity (Wildman–Crippen MR) is 96.8 cm³/mol. The number of nitrogens with zero attached hydrogens (tertiary/aromatic N) is 1. The molecule has 0 unspecified atom stereocenters. The van der Waals surface area contributed by atoms with Crippen LogP contribution in [0.25, 0.3) is 0 Å². The maximum Gasteiger partial charge on any atom is 0.285 e. The molecule has 3 nitrogen and oxygen atoms in total. The van der Waals surface area contributed by atoms with Gasteiger partial charge in [-0.3, -0.25) is 4.79 Å². The summed E-state index contributed by atoms with van der Waals surface area (Å²) in [6.07, 6.45) is 2.22. The number of halogens is 1. The van der Waals surface area contributed by atoms with E-state index < -0.39 is 0 Å². The smallest absolute Gasteiger partial charge is 0.285 e. The lowest BCUT2D eigenvalue weighted by Crippen LogP contribution is -2.88. The average molecular weight is 344 g/mol. The molecule has 1 amide bonds. The molecule has 1 fully saturated rings. The summed E-state index contributed by atoms with van der Waals surface area (Å²) in [6.45, 7) is 3.88. The Morgan fingerprint density at radius 3 is 2.38 bits per heavy atom. The number of carbonyl (C=O) groups is 1. The van der Waals surface area contributed by atoms with Gasteiger partial charge in [0, 0.05) is 29.2 Å². The van der Waals surface area contributed by atoms with E-state index in [9.17, 15) is 4.79 Å². The molecule has 2 N–H and O–H groups in total. The highest BCUT2D eigenvalue weighted by atomic mass is 35.5. The van der Waals surface area contributed by atoms with Crippen LogP contribution >= 0.6 is 11.6 Å². The summed E-state index contributed by atoms with van der Waals surface area (Å²) in [5.41, 5.74) is 2.20. The summed E-state index contributed by atoms with van der Waals surface area (Å²) < 4.78 is 0. The second-order valence-corrected chi connectivity index (χ2v) is 6.89. The van der Waals surface area contributed by atoms with Crippen LogP contribution in [-0.2, 0) is 4.79 Å². The van der Waals surface area contributed by atoms with Gasteiger partial charge in [0.05, 0.1) is 0 Å². The highest BCUT2D eigenvalue weighted by Gasteiger charge is 2.32. The maximum absolute atomic E-state index is 13.0. The van der Waals surface area contributed by atoms with Gasteiger partial charge in [-0.2, -0.15) is 0 Å². The van der Waals surface area contributed by atoms with Crippen molar-refractivity contribution in [3.05, 3.63) is 70.7 Å². The van der Waals surface area contributed by atoms with E-state index >= 15 is 0 Å². The number of nitrogens with two attached hydrogens (primary N) is 1. The van der Waals surface area contributed by atoms with E-state index in [1.807, 2.05) is 53.4 Å². The van der Waals surface area contributed by atoms with E-state index in [0.29, 0.717) is 0 Å². The Morgan fingerprint density at radius 2 is 1.71 bits per heavy atom. The third-order valence-electron chi connectivity index (χ3n) is 4.70. The monoisotopic (exact) mass is 343 g/mol. The molecular weight excluding hydrogens is 320 g/mol. The second-order valence-electron chi connectivity index (χ2n) is 6.46. The molecule has 1 aliphatic rings. The molecule has 3 rings (SSSR count). The fraction of sp³-hybridized carbons (Fsp3) is 0.350. The summed E-state index contributed by atoms with van der Waals surface area (Å²) in [5.74, 6) is 0.215. The lowest BCUT2D eigenvalue weighted by molar-refractivity contribution is -0.719. The molecule has 0 aliphatic carbocycles. The van der Waals surface area contributed by atoms with Crippen LogP contribution in [0.15, 0.2) is 54.6 Å². The number of hydrogen-bond donors (Lipinski definition) is 1. The number of hydrogen-bond acceptors (Lipinski definition) is 1. The van der Waals surface area contributed by atoms with Crippen molar-refractivity contribution in [1.82, 2.24) is 4.90 Å². The molecule has 0 aromatic heterocycles. The zero-order valence-corrected chi connectivity index (χ0v) is 14.7. The summed E-state index contributed by atoms with van der Waals surface area (Å²) in [5, 5.41) is 2.89. The van der Waals surface area contributed by atoms with Crippen molar-refractivity contribution in [2.45, 2.75) is 31.8 Å². The Morgan fingerprint density at radius 1 is 1.04 bits per heavy atom. The normalized spacial score (nSPS) is 16.8. The van der Waals surface area contributed by atoms with E-state index in [-0.39, 0.29) is 18.0 Å². The minimum Gasteiger partial charge on any atom is -0.337 e. The lowest BCUT2D eigenvalue weighted by Gasteiger charge is -2.24. The van der Waals surface area contributed by atoms with Crippen molar-refractivity contribution in [1.29, 1.82) is 0 Å². The maximum atomic E-state index is 13.0. The molecular formula is C20H24ClN2O+. The van der Waals surface area contributed by atoms with Crippen LogP contribution in [0.3, 0.4) is 0 Å². The first kappa shape index (κ1) is 17.0. The molecule has 0 bridgehead atoms. The number of rotatable bonds is 5. The lowest BCUT2D eigenvalue weighted by atomic mass is 10.0. The molecule has 1 aliphatic heterocycles. The Kier molecular flexibility index (Phi) is 5.54. The quantitative estimate of drug-likeness (QED) is 0.888. The molecule has 0 radical (unpaired) electrons. The second kappa shape index (κ2) is 7.82. The number of quaternary nitrogens is 1. The zero-order chi connectivity index (χ0) is 16.9. The molecule has 126 valence electrons. The predicted octanol–water partition coefficient (Wildman–Crippen LogP) is 3.33. The highest BCUT2D eigenvalue weighted by Crippen LogP contribution is 2.19. The van der Waals surface area contributed by atoms with Gasteiger partial charge >= 0.3 is 0 Å². The standard InChI is InChI=1S/C20H23ClN2O/c1-15(17-10-7-11-18(21)14-17)22-19(16-8-3-2-4-9-16)20(24)23-12-5-6-13-23/h2-4,7-11,14-15,19,22H,5-6,12-13H2,1H3/p+1/t15-,19-/m1/s1. The number of carbonyl (C=O) groups excluding carboxylic acids is 1. The van der Waals surface area contributed by atoms with Crippen LogP contribution in [0.2, 0.25) is 5.02 Å². The summed E-state index contributed by atoms with van der Waals surface area (Å²) >= 11 is 6.12. The van der Waals surface area contributed by atoms with Crippen LogP contribution in [0.5, 0.6) is 0 Å². The summed E-state index contributed by atoms with van der Waals surface area (Å²) in [7, 11) is 0. The van der Waals surface area contributed by atoms with Gasteiger partial charge in [-0.25, -0.2) is 0 Å². The van der Waals surface area contributed by atoms with Gasteiger partial charge in [-0.05, 0) is 31.9 Å². The van der Waals surface area contributed by atoms with Crippen LogP contribution in [0.1, 0.15) is 43.0 Å². The third-order valence-corrected chi connectivity index (χ3v) is 4.93. The first-order valence-corrected chi connectivity index (χ1v) is 8.97. The summed E-state index contributed by atoms with van der Waals surface area (Å²) in [6, 6.07) is 17.9.